The largest absolute Gasteiger partial charge is 0.507 e. The Kier molecular flexibility index (Phi) is 5.33. The summed E-state index contributed by atoms with van der Waals surface area (Å²) < 4.78 is 34.3. The number of thiazole rings is 1. The van der Waals surface area contributed by atoms with Crippen LogP contribution in [0.25, 0.3) is 16.0 Å². The summed E-state index contributed by atoms with van der Waals surface area (Å²) in [6, 6.07) is 14.4. The lowest BCUT2D eigenvalue weighted by molar-refractivity contribution is -0.132. The zero-order chi connectivity index (χ0) is 24.0. The normalized spacial score (nSPS) is 17.5. The Bertz CT molecular complexity index is 1480. The third-order valence-corrected chi connectivity index (χ3v) is 6.57. The zero-order valence-corrected chi connectivity index (χ0v) is 18.5. The first-order valence-electron chi connectivity index (χ1n) is 10.1. The van der Waals surface area contributed by atoms with E-state index < -0.39 is 35.1 Å². The van der Waals surface area contributed by atoms with Gasteiger partial charge in [-0.25, -0.2) is 13.8 Å². The number of methoxy groups -OCH3 is 1. The van der Waals surface area contributed by atoms with Gasteiger partial charge < -0.3 is 9.84 Å². The van der Waals surface area contributed by atoms with Crippen molar-refractivity contribution < 1.29 is 28.2 Å². The number of carbonyl (C=O) groups is 2. The van der Waals surface area contributed by atoms with Gasteiger partial charge in [0.1, 0.15) is 29.2 Å². The van der Waals surface area contributed by atoms with Gasteiger partial charge in [-0.3, -0.25) is 14.5 Å². The molecule has 0 spiro atoms. The van der Waals surface area contributed by atoms with E-state index in [0.717, 1.165) is 28.4 Å². The highest BCUT2D eigenvalue weighted by Gasteiger charge is 2.49. The molecule has 1 aromatic heterocycles. The summed E-state index contributed by atoms with van der Waals surface area (Å²) in [4.78, 5) is 31.9. The SMILES string of the molecule is COc1ccc2nc(N3C(=O)C(=O)C(=C(O)c4ccc(F)cc4)[C@@H]3c3ccccc3F)sc2c1. The van der Waals surface area contributed by atoms with Crippen LogP contribution in [0.4, 0.5) is 13.9 Å². The van der Waals surface area contributed by atoms with Crippen LogP contribution < -0.4 is 9.64 Å². The highest BCUT2D eigenvalue weighted by molar-refractivity contribution is 7.22. The molecule has 1 aliphatic rings. The number of aliphatic hydroxyl groups is 1. The Morgan fingerprint density at radius 3 is 2.50 bits per heavy atom. The van der Waals surface area contributed by atoms with Gasteiger partial charge in [-0.15, -0.1) is 0 Å². The van der Waals surface area contributed by atoms with Crippen molar-refractivity contribution in [2.45, 2.75) is 6.04 Å². The van der Waals surface area contributed by atoms with Gasteiger partial charge in [0.2, 0.25) is 0 Å². The number of halogens is 2. The van der Waals surface area contributed by atoms with E-state index in [1.54, 1.807) is 24.3 Å². The molecular formula is C25H16F2N2O4S. The van der Waals surface area contributed by atoms with Crippen molar-refractivity contribution in [1.29, 1.82) is 0 Å². The molecule has 1 fully saturated rings. The van der Waals surface area contributed by atoms with Crippen molar-refractivity contribution in [1.82, 2.24) is 4.98 Å². The standard InChI is InChI=1S/C25H16F2N2O4S/c1-33-15-10-11-18-19(12-15)34-25(28-18)29-21(16-4-2-3-5-17(16)27)20(23(31)24(29)32)22(30)13-6-8-14(26)9-7-13/h2-12,21,30H,1H3/t21-/m0/s1. The molecule has 1 saturated heterocycles. The lowest BCUT2D eigenvalue weighted by atomic mass is 9.95. The van der Waals surface area contributed by atoms with Gasteiger partial charge in [-0.05, 0) is 48.5 Å². The Morgan fingerprint density at radius 2 is 1.79 bits per heavy atom. The molecule has 2 heterocycles. The van der Waals surface area contributed by atoms with Crippen molar-refractivity contribution >= 4 is 44.1 Å². The molecule has 9 heteroatoms. The highest BCUT2D eigenvalue weighted by Crippen LogP contribution is 2.45. The number of carbonyl (C=O) groups excluding carboxylic acids is 2. The van der Waals surface area contributed by atoms with Crippen LogP contribution in [0.5, 0.6) is 5.75 Å². The van der Waals surface area contributed by atoms with Crippen LogP contribution in [0, 0.1) is 11.6 Å². The minimum atomic E-state index is -1.27. The van der Waals surface area contributed by atoms with Crippen LogP contribution in [0.3, 0.4) is 0 Å². The van der Waals surface area contributed by atoms with E-state index in [2.05, 4.69) is 4.98 Å². The van der Waals surface area contributed by atoms with Gasteiger partial charge in [-0.1, -0.05) is 29.5 Å². The third-order valence-electron chi connectivity index (χ3n) is 5.55. The zero-order valence-electron chi connectivity index (χ0n) is 17.7. The average molecular weight is 478 g/mol. The number of fused-ring (bicyclic) bond motifs is 1. The van der Waals surface area contributed by atoms with Crippen LogP contribution in [0.1, 0.15) is 17.2 Å². The molecule has 4 aromatic rings. The van der Waals surface area contributed by atoms with E-state index in [-0.39, 0.29) is 21.8 Å². The minimum absolute atomic E-state index is 0.0159. The van der Waals surface area contributed by atoms with Gasteiger partial charge >= 0.3 is 5.91 Å². The van der Waals surface area contributed by atoms with E-state index in [0.29, 0.717) is 16.0 Å². The van der Waals surface area contributed by atoms with Crippen LogP contribution in [0.2, 0.25) is 0 Å². The van der Waals surface area contributed by atoms with Crippen LogP contribution in [-0.2, 0) is 9.59 Å². The van der Waals surface area contributed by atoms with E-state index in [1.165, 1.54) is 37.4 Å². The summed E-state index contributed by atoms with van der Waals surface area (Å²) in [7, 11) is 1.52. The number of amides is 1. The molecule has 0 saturated carbocycles. The first-order chi connectivity index (χ1) is 16.4. The van der Waals surface area contributed by atoms with Crippen molar-refractivity contribution in [3.05, 3.63) is 95.1 Å². The summed E-state index contributed by atoms with van der Waals surface area (Å²) in [6.07, 6.45) is 0. The predicted octanol–water partition coefficient (Wildman–Crippen LogP) is 5.21. The van der Waals surface area contributed by atoms with E-state index >= 15 is 0 Å². The Balaban J connectivity index is 1.73. The molecule has 1 aliphatic heterocycles. The summed E-state index contributed by atoms with van der Waals surface area (Å²) in [5, 5.41) is 11.2. The van der Waals surface area contributed by atoms with E-state index in [4.69, 9.17) is 4.74 Å². The number of ether oxygens (including phenoxy) is 1. The second-order valence-electron chi connectivity index (χ2n) is 7.53. The molecule has 1 atom stereocenters. The third kappa shape index (κ3) is 3.50. The molecule has 34 heavy (non-hydrogen) atoms. The first-order valence-corrected chi connectivity index (χ1v) is 11.0. The fourth-order valence-electron chi connectivity index (χ4n) is 3.91. The summed E-state index contributed by atoms with van der Waals surface area (Å²) in [6.45, 7) is 0. The minimum Gasteiger partial charge on any atom is -0.507 e. The number of nitrogens with zero attached hydrogens (tertiary/aromatic N) is 2. The van der Waals surface area contributed by atoms with E-state index in [1.807, 2.05) is 0 Å². The van der Waals surface area contributed by atoms with E-state index in [9.17, 15) is 23.5 Å². The number of aromatic nitrogens is 1. The van der Waals surface area contributed by atoms with Crippen molar-refractivity contribution in [3.8, 4) is 5.75 Å². The number of aliphatic hydroxyl groups excluding tert-OH is 1. The number of rotatable bonds is 4. The summed E-state index contributed by atoms with van der Waals surface area (Å²) >= 11 is 1.13. The Hall–Kier alpha value is -4.11. The number of hydrogen-bond donors (Lipinski definition) is 1. The van der Waals surface area contributed by atoms with Crippen molar-refractivity contribution in [3.63, 3.8) is 0 Å². The monoisotopic (exact) mass is 478 g/mol. The number of Topliss-reactive ketones (excluding diaryl/α,β-unsaturated/α-hetero) is 1. The second-order valence-corrected chi connectivity index (χ2v) is 8.54. The number of hydrogen-bond acceptors (Lipinski definition) is 6. The lowest BCUT2D eigenvalue weighted by Crippen LogP contribution is -2.29. The smallest absolute Gasteiger partial charge is 0.301 e. The van der Waals surface area contributed by atoms with Gasteiger partial charge in [0.05, 0.1) is 22.9 Å². The quantitative estimate of drug-likeness (QED) is 0.248. The molecule has 1 amide bonds. The first kappa shape index (κ1) is 21.7. The molecule has 3 aromatic carbocycles. The summed E-state index contributed by atoms with van der Waals surface area (Å²) in [5.74, 6) is -3.09. The maximum absolute atomic E-state index is 14.9. The molecule has 0 radical (unpaired) electrons. The molecular weight excluding hydrogens is 462 g/mol. The van der Waals surface area contributed by atoms with Gasteiger partial charge in [0.15, 0.2) is 5.13 Å². The average Bonchev–Trinajstić information content (AvgIpc) is 3.37. The molecule has 5 rings (SSSR count). The fourth-order valence-corrected chi connectivity index (χ4v) is 4.93. The predicted molar refractivity (Wildman–Crippen MR) is 124 cm³/mol. The molecule has 1 N–H and O–H groups in total. The van der Waals surface area contributed by atoms with Gasteiger partial charge in [-0.2, -0.15) is 0 Å². The van der Waals surface area contributed by atoms with Crippen LogP contribution in [0.15, 0.2) is 72.3 Å². The lowest BCUT2D eigenvalue weighted by Gasteiger charge is -2.23. The number of benzene rings is 3. The van der Waals surface area contributed by atoms with Gasteiger partial charge in [0.25, 0.3) is 5.78 Å². The van der Waals surface area contributed by atoms with Crippen LogP contribution >= 0.6 is 11.3 Å². The molecule has 6 nitrogen and oxygen atoms in total. The maximum Gasteiger partial charge on any atom is 0.301 e. The maximum atomic E-state index is 14.9. The van der Waals surface area contributed by atoms with Crippen molar-refractivity contribution in [2.75, 3.05) is 12.0 Å². The number of ketones is 1. The number of anilines is 1. The molecule has 0 unspecified atom stereocenters. The Morgan fingerprint density at radius 1 is 1.06 bits per heavy atom. The molecule has 0 bridgehead atoms. The molecule has 170 valence electrons. The van der Waals surface area contributed by atoms with Gasteiger partial charge in [0, 0.05) is 11.1 Å². The highest BCUT2D eigenvalue weighted by atomic mass is 32.1. The second kappa shape index (κ2) is 8.35. The summed E-state index contributed by atoms with van der Waals surface area (Å²) in [5.41, 5.74) is 0.393. The topological polar surface area (TPSA) is 79.7 Å². The van der Waals surface area contributed by atoms with Crippen molar-refractivity contribution in [2.24, 2.45) is 0 Å². The Labute approximate surface area is 196 Å². The van der Waals surface area contributed by atoms with Crippen LogP contribution in [-0.4, -0.2) is 28.9 Å². The fraction of sp³-hybridized carbons (Fsp3) is 0.0800. The molecule has 0 aliphatic carbocycles.